The summed E-state index contributed by atoms with van der Waals surface area (Å²) in [6.07, 6.45) is 21.6. The minimum Gasteiger partial charge on any atom is -0.366 e. The highest BCUT2D eigenvalue weighted by molar-refractivity contribution is 5.76. The average molecular weight is 398 g/mol. The van der Waals surface area contributed by atoms with E-state index in [2.05, 4.69) is 19.2 Å². The Morgan fingerprint density at radius 2 is 1.21 bits per heavy atom. The van der Waals surface area contributed by atoms with Crippen LogP contribution < -0.4 is 5.32 Å². The number of amides is 1. The van der Waals surface area contributed by atoms with Gasteiger partial charge in [-0.25, -0.2) is 0 Å². The number of ether oxygens (including phenoxy) is 1. The molecule has 1 aliphatic rings. The van der Waals surface area contributed by atoms with Gasteiger partial charge in [0, 0.05) is 6.42 Å². The van der Waals surface area contributed by atoms with Crippen LogP contribution in [0.3, 0.4) is 0 Å². The second kappa shape index (κ2) is 17.3. The fraction of sp³-hybridized carbons (Fsp3) is 0.958. The van der Waals surface area contributed by atoms with E-state index in [4.69, 9.17) is 4.74 Å². The van der Waals surface area contributed by atoms with Crippen molar-refractivity contribution in [3.63, 3.8) is 0 Å². The second-order valence-electron chi connectivity index (χ2n) is 8.65. The molecular weight excluding hydrogens is 350 g/mol. The summed E-state index contributed by atoms with van der Waals surface area (Å²) in [6, 6.07) is -0.0242. The van der Waals surface area contributed by atoms with Crippen molar-refractivity contribution in [3.05, 3.63) is 0 Å². The van der Waals surface area contributed by atoms with Crippen molar-refractivity contribution in [3.8, 4) is 0 Å². The largest absolute Gasteiger partial charge is 0.366 e. The number of aliphatic hydroxyl groups excluding tert-OH is 1. The Bertz CT molecular complexity index is 375. The quantitative estimate of drug-likeness (QED) is 0.188. The van der Waals surface area contributed by atoms with E-state index in [1.54, 1.807) is 0 Å². The third-order valence-corrected chi connectivity index (χ3v) is 5.85. The summed E-state index contributed by atoms with van der Waals surface area (Å²) in [5.41, 5.74) is 0. The van der Waals surface area contributed by atoms with E-state index >= 15 is 0 Å². The Morgan fingerprint density at radius 1 is 0.786 bits per heavy atom. The molecule has 28 heavy (non-hydrogen) atoms. The summed E-state index contributed by atoms with van der Waals surface area (Å²) in [4.78, 5) is 12.1. The van der Waals surface area contributed by atoms with Crippen molar-refractivity contribution in [2.45, 2.75) is 148 Å². The number of hydrogen-bond acceptors (Lipinski definition) is 3. The summed E-state index contributed by atoms with van der Waals surface area (Å²) in [7, 11) is 0. The summed E-state index contributed by atoms with van der Waals surface area (Å²) in [5.74, 6) is 0.107. The standard InChI is InChI=1S/C24H47NO3/c1-3-5-6-7-8-9-10-11-12-13-14-15-16-17-18-20-22(26)25-21(19-4-2)23-24(27)28-23/h21,23-24,27H,3-20H2,1-2H3,(H,25,26). The maximum atomic E-state index is 12.1. The van der Waals surface area contributed by atoms with Crippen LogP contribution in [-0.2, 0) is 9.53 Å². The Morgan fingerprint density at radius 3 is 1.61 bits per heavy atom. The van der Waals surface area contributed by atoms with Crippen molar-refractivity contribution >= 4 is 5.91 Å². The van der Waals surface area contributed by atoms with E-state index in [1.807, 2.05) is 0 Å². The smallest absolute Gasteiger partial charge is 0.220 e. The van der Waals surface area contributed by atoms with Gasteiger partial charge in [0.15, 0.2) is 6.29 Å². The molecular formula is C24H47NO3. The first-order valence-corrected chi connectivity index (χ1v) is 12.3. The molecule has 1 rings (SSSR count). The molecule has 166 valence electrons. The number of nitrogens with one attached hydrogen (secondary N) is 1. The highest BCUT2D eigenvalue weighted by Gasteiger charge is 2.43. The molecule has 0 aromatic heterocycles. The van der Waals surface area contributed by atoms with E-state index in [1.165, 1.54) is 83.5 Å². The molecule has 0 bridgehead atoms. The summed E-state index contributed by atoms with van der Waals surface area (Å²) >= 11 is 0. The van der Waals surface area contributed by atoms with Crippen LogP contribution in [0.25, 0.3) is 0 Å². The first-order valence-electron chi connectivity index (χ1n) is 12.3. The van der Waals surface area contributed by atoms with Crippen molar-refractivity contribution in [1.82, 2.24) is 5.32 Å². The fourth-order valence-electron chi connectivity index (χ4n) is 3.97. The number of carbonyl (C=O) groups excluding carboxylic acids is 1. The van der Waals surface area contributed by atoms with Crippen LogP contribution >= 0.6 is 0 Å². The Hall–Kier alpha value is -0.610. The van der Waals surface area contributed by atoms with Crippen LogP contribution in [0.2, 0.25) is 0 Å². The molecule has 2 N–H and O–H groups in total. The molecule has 0 saturated carbocycles. The molecule has 0 aromatic carbocycles. The Labute approximate surface area is 174 Å². The van der Waals surface area contributed by atoms with Gasteiger partial charge in [0.1, 0.15) is 6.10 Å². The summed E-state index contributed by atoms with van der Waals surface area (Å²) in [5, 5.41) is 12.4. The lowest BCUT2D eigenvalue weighted by molar-refractivity contribution is -0.122. The van der Waals surface area contributed by atoms with Gasteiger partial charge in [0.25, 0.3) is 0 Å². The maximum absolute atomic E-state index is 12.1. The van der Waals surface area contributed by atoms with Gasteiger partial charge in [-0.2, -0.15) is 0 Å². The number of aliphatic hydroxyl groups is 1. The fourth-order valence-corrected chi connectivity index (χ4v) is 3.97. The number of unbranched alkanes of at least 4 members (excludes halogenated alkanes) is 14. The zero-order chi connectivity index (χ0) is 20.5. The number of hydrogen-bond donors (Lipinski definition) is 2. The third kappa shape index (κ3) is 13.5. The molecule has 1 amide bonds. The molecule has 4 heteroatoms. The van der Waals surface area contributed by atoms with Gasteiger partial charge in [-0.3, -0.25) is 4.79 Å². The minimum absolute atomic E-state index is 0.0242. The third-order valence-electron chi connectivity index (χ3n) is 5.85. The van der Waals surface area contributed by atoms with E-state index in [-0.39, 0.29) is 18.1 Å². The lowest BCUT2D eigenvalue weighted by Gasteiger charge is -2.15. The van der Waals surface area contributed by atoms with Crippen molar-refractivity contribution in [2.24, 2.45) is 0 Å². The van der Waals surface area contributed by atoms with Gasteiger partial charge in [-0.05, 0) is 12.8 Å². The van der Waals surface area contributed by atoms with Gasteiger partial charge >= 0.3 is 0 Å². The van der Waals surface area contributed by atoms with Crippen LogP contribution in [0, 0.1) is 0 Å². The normalized spacial score (nSPS) is 19.5. The topological polar surface area (TPSA) is 61.9 Å². The van der Waals surface area contributed by atoms with Gasteiger partial charge in [0.05, 0.1) is 6.04 Å². The molecule has 3 atom stereocenters. The number of epoxide rings is 1. The first kappa shape index (κ1) is 25.4. The van der Waals surface area contributed by atoms with E-state index in [0.717, 1.165) is 25.7 Å². The SMILES string of the molecule is CCCCCCCCCCCCCCCCCC(=O)NC(CCC)C1OC1O. The Balaban J connectivity index is 1.81. The monoisotopic (exact) mass is 397 g/mol. The van der Waals surface area contributed by atoms with Gasteiger partial charge in [-0.15, -0.1) is 0 Å². The molecule has 1 heterocycles. The average Bonchev–Trinajstić information content (AvgIpc) is 3.41. The van der Waals surface area contributed by atoms with Crippen molar-refractivity contribution in [1.29, 1.82) is 0 Å². The zero-order valence-electron chi connectivity index (χ0n) is 18.7. The molecule has 0 radical (unpaired) electrons. The van der Waals surface area contributed by atoms with Crippen LogP contribution in [0.5, 0.6) is 0 Å². The van der Waals surface area contributed by atoms with E-state index < -0.39 is 6.29 Å². The summed E-state index contributed by atoms with van der Waals surface area (Å²) in [6.45, 7) is 4.36. The second-order valence-corrected chi connectivity index (χ2v) is 8.65. The Kier molecular flexibility index (Phi) is 15.7. The highest BCUT2D eigenvalue weighted by atomic mass is 16.7. The van der Waals surface area contributed by atoms with Gasteiger partial charge in [-0.1, -0.05) is 110 Å². The molecule has 3 unspecified atom stereocenters. The number of rotatable bonds is 20. The molecule has 0 spiro atoms. The molecule has 4 nitrogen and oxygen atoms in total. The van der Waals surface area contributed by atoms with Gasteiger partial charge in [0.2, 0.25) is 5.91 Å². The number of carbonyl (C=O) groups is 1. The van der Waals surface area contributed by atoms with Crippen LogP contribution in [0.4, 0.5) is 0 Å². The molecule has 1 aliphatic heterocycles. The minimum atomic E-state index is -0.678. The predicted molar refractivity (Wildman–Crippen MR) is 117 cm³/mol. The molecule has 0 aromatic rings. The molecule has 1 fully saturated rings. The van der Waals surface area contributed by atoms with Crippen LogP contribution in [0.1, 0.15) is 129 Å². The van der Waals surface area contributed by atoms with Crippen molar-refractivity contribution < 1.29 is 14.6 Å². The van der Waals surface area contributed by atoms with Crippen molar-refractivity contribution in [2.75, 3.05) is 0 Å². The van der Waals surface area contributed by atoms with Crippen LogP contribution in [0.15, 0.2) is 0 Å². The lowest BCUT2D eigenvalue weighted by atomic mass is 10.0. The van der Waals surface area contributed by atoms with E-state index in [0.29, 0.717) is 6.42 Å². The van der Waals surface area contributed by atoms with Gasteiger partial charge < -0.3 is 15.2 Å². The van der Waals surface area contributed by atoms with E-state index in [9.17, 15) is 9.90 Å². The molecule has 0 aliphatic carbocycles. The van der Waals surface area contributed by atoms with Crippen LogP contribution in [-0.4, -0.2) is 29.4 Å². The summed E-state index contributed by atoms with van der Waals surface area (Å²) < 4.78 is 5.10. The zero-order valence-corrected chi connectivity index (χ0v) is 18.7. The molecule has 1 saturated heterocycles. The maximum Gasteiger partial charge on any atom is 0.220 e. The predicted octanol–water partition coefficient (Wildman–Crippen LogP) is 6.25. The lowest BCUT2D eigenvalue weighted by Crippen LogP contribution is -2.39. The highest BCUT2D eigenvalue weighted by Crippen LogP contribution is 2.25. The first-order chi connectivity index (χ1) is 13.7.